The number of rotatable bonds is 7. The molecule has 2 N–H and O–H groups in total. The van der Waals surface area contributed by atoms with Gasteiger partial charge in [-0.3, -0.25) is 0 Å². The van der Waals surface area contributed by atoms with Gasteiger partial charge in [-0.05, 0) is 25.8 Å². The molecule has 5 nitrogen and oxygen atoms in total. The van der Waals surface area contributed by atoms with E-state index in [1.54, 1.807) is 4.90 Å². The molecule has 5 heteroatoms. The number of carboxylic acid groups (broad SMARTS) is 1. The van der Waals surface area contributed by atoms with Crippen LogP contribution >= 0.6 is 0 Å². The molecule has 1 rings (SSSR count). The fourth-order valence-electron chi connectivity index (χ4n) is 2.12. The second-order valence-corrected chi connectivity index (χ2v) is 5.32. The molecule has 0 spiro atoms. The minimum absolute atomic E-state index is 0.0381. The van der Waals surface area contributed by atoms with Crippen molar-refractivity contribution in [1.29, 1.82) is 0 Å². The van der Waals surface area contributed by atoms with Gasteiger partial charge in [-0.1, -0.05) is 37.3 Å². The van der Waals surface area contributed by atoms with E-state index in [2.05, 4.69) is 5.32 Å². The quantitative estimate of drug-likeness (QED) is 0.811. The largest absolute Gasteiger partial charge is 0.480 e. The molecule has 0 fully saturated rings. The smallest absolute Gasteiger partial charge is 0.326 e. The zero-order chi connectivity index (χ0) is 15.8. The maximum Gasteiger partial charge on any atom is 0.326 e. The van der Waals surface area contributed by atoms with E-state index in [4.69, 9.17) is 0 Å². The van der Waals surface area contributed by atoms with E-state index in [1.807, 2.05) is 51.1 Å². The molecule has 0 aliphatic rings. The molecule has 0 aliphatic carbocycles. The summed E-state index contributed by atoms with van der Waals surface area (Å²) in [4.78, 5) is 25.2. The molecule has 116 valence electrons. The van der Waals surface area contributed by atoms with Crippen LogP contribution in [0.2, 0.25) is 0 Å². The maximum absolute atomic E-state index is 12.2. The average molecular weight is 292 g/mol. The van der Waals surface area contributed by atoms with E-state index in [1.165, 1.54) is 0 Å². The molecular weight excluding hydrogens is 268 g/mol. The van der Waals surface area contributed by atoms with Crippen LogP contribution in [0.5, 0.6) is 0 Å². The first-order valence-electron chi connectivity index (χ1n) is 7.29. The number of carbonyl (C=O) groups is 2. The lowest BCUT2D eigenvalue weighted by Crippen LogP contribution is -2.51. The maximum atomic E-state index is 12.2. The van der Waals surface area contributed by atoms with Crippen molar-refractivity contribution in [2.75, 3.05) is 6.54 Å². The summed E-state index contributed by atoms with van der Waals surface area (Å²) >= 11 is 0. The Morgan fingerprint density at radius 2 is 1.86 bits per heavy atom. The minimum atomic E-state index is -1.02. The predicted molar refractivity (Wildman–Crippen MR) is 82.2 cm³/mol. The van der Waals surface area contributed by atoms with Crippen LogP contribution in [-0.4, -0.2) is 40.6 Å². The van der Waals surface area contributed by atoms with Gasteiger partial charge < -0.3 is 15.3 Å². The molecule has 0 radical (unpaired) electrons. The summed E-state index contributed by atoms with van der Waals surface area (Å²) in [7, 11) is 0. The van der Waals surface area contributed by atoms with Gasteiger partial charge in [0.1, 0.15) is 6.04 Å². The van der Waals surface area contributed by atoms with Crippen LogP contribution in [0.25, 0.3) is 0 Å². The number of nitrogens with one attached hydrogen (secondary N) is 1. The highest BCUT2D eigenvalue weighted by Gasteiger charge is 2.24. The van der Waals surface area contributed by atoms with E-state index in [-0.39, 0.29) is 18.5 Å². The van der Waals surface area contributed by atoms with Crippen LogP contribution in [0.1, 0.15) is 32.8 Å². The van der Waals surface area contributed by atoms with Gasteiger partial charge in [-0.2, -0.15) is 0 Å². The highest BCUT2D eigenvalue weighted by molar-refractivity contribution is 5.83. The van der Waals surface area contributed by atoms with Crippen molar-refractivity contribution in [3.63, 3.8) is 0 Å². The number of hydrogen-bond acceptors (Lipinski definition) is 2. The first-order valence-corrected chi connectivity index (χ1v) is 7.29. The van der Waals surface area contributed by atoms with E-state index in [9.17, 15) is 14.7 Å². The van der Waals surface area contributed by atoms with Crippen molar-refractivity contribution in [2.24, 2.45) is 0 Å². The van der Waals surface area contributed by atoms with Crippen LogP contribution in [0.4, 0.5) is 4.79 Å². The number of carbonyl (C=O) groups excluding carboxylic acids is 1. The molecule has 1 aromatic carbocycles. The minimum Gasteiger partial charge on any atom is -0.480 e. The number of amides is 2. The molecule has 1 atom stereocenters. The van der Waals surface area contributed by atoms with E-state index in [0.717, 1.165) is 12.0 Å². The lowest BCUT2D eigenvalue weighted by Gasteiger charge is -2.28. The molecule has 0 unspecified atom stereocenters. The molecule has 0 saturated heterocycles. The summed E-state index contributed by atoms with van der Waals surface area (Å²) in [5, 5.41) is 11.9. The fraction of sp³-hybridized carbons (Fsp3) is 0.500. The van der Waals surface area contributed by atoms with Crippen molar-refractivity contribution in [1.82, 2.24) is 10.2 Å². The zero-order valence-corrected chi connectivity index (χ0v) is 12.9. The second kappa shape index (κ2) is 8.29. The molecule has 0 aromatic heterocycles. The molecule has 21 heavy (non-hydrogen) atoms. The summed E-state index contributed by atoms with van der Waals surface area (Å²) in [6.07, 6.45) is 1.11. The van der Waals surface area contributed by atoms with Gasteiger partial charge in [0.2, 0.25) is 0 Å². The molecule has 0 aliphatic heterocycles. The fourth-order valence-corrected chi connectivity index (χ4v) is 2.12. The first kappa shape index (κ1) is 17.0. The van der Waals surface area contributed by atoms with Crippen molar-refractivity contribution in [2.45, 2.75) is 45.7 Å². The van der Waals surface area contributed by atoms with Crippen LogP contribution in [0.3, 0.4) is 0 Å². The van der Waals surface area contributed by atoms with Crippen LogP contribution in [0, 0.1) is 0 Å². The second-order valence-electron chi connectivity index (χ2n) is 5.32. The summed E-state index contributed by atoms with van der Waals surface area (Å²) < 4.78 is 0. The van der Waals surface area contributed by atoms with Gasteiger partial charge in [0.25, 0.3) is 0 Å². The predicted octanol–water partition coefficient (Wildman–Crippen LogP) is 2.51. The van der Waals surface area contributed by atoms with Crippen molar-refractivity contribution in [3.8, 4) is 0 Å². The number of urea groups is 1. The lowest BCUT2D eigenvalue weighted by molar-refractivity contribution is -0.139. The molecule has 0 heterocycles. The third kappa shape index (κ3) is 5.45. The van der Waals surface area contributed by atoms with Gasteiger partial charge in [0, 0.05) is 19.0 Å². The third-order valence-electron chi connectivity index (χ3n) is 3.23. The number of carboxylic acids is 1. The monoisotopic (exact) mass is 292 g/mol. The normalized spacial score (nSPS) is 12.0. The summed E-state index contributed by atoms with van der Waals surface area (Å²) in [5.41, 5.74) is 0.886. The Morgan fingerprint density at radius 3 is 2.33 bits per heavy atom. The zero-order valence-electron chi connectivity index (χ0n) is 12.9. The topological polar surface area (TPSA) is 69.6 Å². The standard InChI is InChI=1S/C16H24N2O3/c1-4-10-18(12(2)3)16(21)17-14(15(19)20)11-13-8-6-5-7-9-13/h5-9,12,14H,4,10-11H2,1-3H3,(H,17,21)(H,19,20)/t14-/m0/s1. The average Bonchev–Trinajstić information content (AvgIpc) is 2.44. The van der Waals surface area contributed by atoms with Crippen LogP contribution in [-0.2, 0) is 11.2 Å². The summed E-state index contributed by atoms with van der Waals surface area (Å²) in [6, 6.07) is 8.09. The first-order chi connectivity index (χ1) is 9.95. The lowest BCUT2D eigenvalue weighted by atomic mass is 10.1. The Hall–Kier alpha value is -2.04. The van der Waals surface area contributed by atoms with Crippen LogP contribution < -0.4 is 5.32 Å². The van der Waals surface area contributed by atoms with Gasteiger partial charge >= 0.3 is 12.0 Å². The van der Waals surface area contributed by atoms with Gasteiger partial charge in [-0.25, -0.2) is 9.59 Å². The molecule has 1 aromatic rings. The Morgan fingerprint density at radius 1 is 1.24 bits per heavy atom. The van der Waals surface area contributed by atoms with E-state index < -0.39 is 12.0 Å². The highest BCUT2D eigenvalue weighted by atomic mass is 16.4. The van der Waals surface area contributed by atoms with Crippen molar-refractivity contribution >= 4 is 12.0 Å². The molecular formula is C16H24N2O3. The van der Waals surface area contributed by atoms with Crippen LogP contribution in [0.15, 0.2) is 30.3 Å². The Kier molecular flexibility index (Phi) is 6.72. The van der Waals surface area contributed by atoms with Gasteiger partial charge in [0.15, 0.2) is 0 Å². The number of benzene rings is 1. The number of nitrogens with zero attached hydrogens (tertiary/aromatic N) is 1. The van der Waals surface area contributed by atoms with Crippen molar-refractivity contribution < 1.29 is 14.7 Å². The Bertz CT molecular complexity index is 460. The molecule has 2 amide bonds. The molecule has 0 saturated carbocycles. The van der Waals surface area contributed by atoms with Gasteiger partial charge in [0.05, 0.1) is 0 Å². The highest BCUT2D eigenvalue weighted by Crippen LogP contribution is 2.06. The van der Waals surface area contributed by atoms with E-state index >= 15 is 0 Å². The third-order valence-corrected chi connectivity index (χ3v) is 3.23. The van der Waals surface area contributed by atoms with E-state index in [0.29, 0.717) is 6.54 Å². The Labute approximate surface area is 126 Å². The van der Waals surface area contributed by atoms with Gasteiger partial charge in [-0.15, -0.1) is 0 Å². The number of aliphatic carboxylic acids is 1. The SMILES string of the molecule is CCCN(C(=O)N[C@@H](Cc1ccccc1)C(=O)O)C(C)C. The van der Waals surface area contributed by atoms with Crippen molar-refractivity contribution in [3.05, 3.63) is 35.9 Å². The summed E-state index contributed by atoms with van der Waals surface area (Å²) in [5.74, 6) is -1.02. The molecule has 0 bridgehead atoms. The summed E-state index contributed by atoms with van der Waals surface area (Å²) in [6.45, 7) is 6.44. The Balaban J connectivity index is 2.74. The number of hydrogen-bond donors (Lipinski definition) is 2.